The summed E-state index contributed by atoms with van der Waals surface area (Å²) in [7, 11) is 1.61. The van der Waals surface area contributed by atoms with Crippen LogP contribution >= 0.6 is 0 Å². The van der Waals surface area contributed by atoms with Gasteiger partial charge in [0.1, 0.15) is 12.3 Å². The first-order valence-corrected chi connectivity index (χ1v) is 9.16. The molecular weight excluding hydrogens is 368 g/mol. The van der Waals surface area contributed by atoms with Gasteiger partial charge in [0.25, 0.3) is 5.56 Å². The Hall–Kier alpha value is -3.74. The van der Waals surface area contributed by atoms with E-state index in [1.807, 2.05) is 43.3 Å². The summed E-state index contributed by atoms with van der Waals surface area (Å²) in [5, 5.41) is 8.47. The van der Waals surface area contributed by atoms with Gasteiger partial charge in [-0.15, -0.1) is 0 Å². The molecule has 0 saturated heterocycles. The second-order valence-corrected chi connectivity index (χ2v) is 6.75. The van der Waals surface area contributed by atoms with E-state index in [2.05, 4.69) is 28.2 Å². The van der Waals surface area contributed by atoms with Gasteiger partial charge in [0, 0.05) is 17.2 Å². The molecule has 0 amide bonds. The lowest BCUT2D eigenvalue weighted by Crippen LogP contribution is -2.23. The number of hydrogen-bond acceptors (Lipinski definition) is 6. The predicted molar refractivity (Wildman–Crippen MR) is 109 cm³/mol. The van der Waals surface area contributed by atoms with E-state index in [0.29, 0.717) is 17.4 Å². The van der Waals surface area contributed by atoms with E-state index in [1.54, 1.807) is 13.2 Å². The van der Waals surface area contributed by atoms with Crippen LogP contribution < -0.4 is 10.3 Å². The van der Waals surface area contributed by atoms with E-state index >= 15 is 0 Å². The highest BCUT2D eigenvalue weighted by Crippen LogP contribution is 2.21. The summed E-state index contributed by atoms with van der Waals surface area (Å²) in [6.07, 6.45) is 0. The third kappa shape index (κ3) is 3.94. The normalized spacial score (nSPS) is 10.9. The monoisotopic (exact) mass is 388 g/mol. The van der Waals surface area contributed by atoms with Crippen LogP contribution in [0, 0.1) is 13.8 Å². The predicted octanol–water partition coefficient (Wildman–Crippen LogP) is 3.63. The first kappa shape index (κ1) is 18.6. The van der Waals surface area contributed by atoms with Gasteiger partial charge < -0.3 is 9.26 Å². The molecule has 0 aliphatic heterocycles. The number of hydrogen-bond donors (Lipinski definition) is 0. The largest absolute Gasteiger partial charge is 0.497 e. The molecule has 2 heterocycles. The van der Waals surface area contributed by atoms with E-state index in [0.717, 1.165) is 16.9 Å². The molecule has 0 spiro atoms. The molecule has 4 aromatic rings. The van der Waals surface area contributed by atoms with Gasteiger partial charge in [0.2, 0.25) is 11.7 Å². The summed E-state index contributed by atoms with van der Waals surface area (Å²) in [6.45, 7) is 4.21. The molecule has 0 unspecified atom stereocenters. The van der Waals surface area contributed by atoms with Crippen molar-refractivity contribution in [3.05, 3.63) is 82.0 Å². The molecule has 2 aromatic heterocycles. The highest BCUT2D eigenvalue weighted by atomic mass is 16.5. The lowest BCUT2D eigenvalue weighted by atomic mass is 10.0. The maximum atomic E-state index is 12.3. The van der Waals surface area contributed by atoms with Crippen LogP contribution in [0.15, 0.2) is 63.9 Å². The third-order valence-electron chi connectivity index (χ3n) is 4.77. The molecule has 0 bridgehead atoms. The van der Waals surface area contributed by atoms with Crippen molar-refractivity contribution in [1.29, 1.82) is 0 Å². The second-order valence-electron chi connectivity index (χ2n) is 6.75. The lowest BCUT2D eigenvalue weighted by molar-refractivity contribution is 0.363. The zero-order valence-corrected chi connectivity index (χ0v) is 16.4. The molecule has 0 aliphatic rings. The quantitative estimate of drug-likeness (QED) is 0.519. The maximum Gasteiger partial charge on any atom is 0.267 e. The first-order valence-electron chi connectivity index (χ1n) is 9.16. The van der Waals surface area contributed by atoms with Crippen molar-refractivity contribution in [1.82, 2.24) is 19.9 Å². The Labute approximate surface area is 167 Å². The average molecular weight is 388 g/mol. The Balaban J connectivity index is 1.60. The van der Waals surface area contributed by atoms with Crippen LogP contribution in [0.1, 0.15) is 17.0 Å². The summed E-state index contributed by atoms with van der Waals surface area (Å²) in [6, 6.07) is 16.7. The number of nitrogens with zero attached hydrogens (tertiary/aromatic N) is 4. The Morgan fingerprint density at radius 1 is 0.966 bits per heavy atom. The molecule has 0 fully saturated rings. The van der Waals surface area contributed by atoms with Gasteiger partial charge in [0.05, 0.1) is 12.8 Å². The summed E-state index contributed by atoms with van der Waals surface area (Å²) in [4.78, 5) is 16.7. The van der Waals surface area contributed by atoms with Crippen molar-refractivity contribution in [3.8, 4) is 28.4 Å². The second kappa shape index (κ2) is 7.71. The van der Waals surface area contributed by atoms with E-state index in [4.69, 9.17) is 9.26 Å². The van der Waals surface area contributed by atoms with Gasteiger partial charge in [-0.05, 0) is 61.4 Å². The molecule has 0 atom stereocenters. The van der Waals surface area contributed by atoms with Gasteiger partial charge in [-0.3, -0.25) is 4.79 Å². The number of rotatable bonds is 5. The molecule has 0 saturated carbocycles. The Kier molecular flexibility index (Phi) is 4.95. The van der Waals surface area contributed by atoms with Crippen molar-refractivity contribution < 1.29 is 9.26 Å². The highest BCUT2D eigenvalue weighted by molar-refractivity contribution is 5.60. The zero-order chi connectivity index (χ0) is 20.4. The van der Waals surface area contributed by atoms with Crippen LogP contribution in [0.25, 0.3) is 22.6 Å². The summed E-state index contributed by atoms with van der Waals surface area (Å²) in [5.74, 6) is 1.50. The van der Waals surface area contributed by atoms with Gasteiger partial charge in [-0.1, -0.05) is 17.3 Å². The van der Waals surface area contributed by atoms with Gasteiger partial charge in [0.15, 0.2) is 0 Å². The lowest BCUT2D eigenvalue weighted by Gasteiger charge is -2.07. The van der Waals surface area contributed by atoms with Crippen LogP contribution in [0.2, 0.25) is 0 Å². The molecule has 7 heteroatoms. The van der Waals surface area contributed by atoms with Crippen LogP contribution in [0.4, 0.5) is 0 Å². The highest BCUT2D eigenvalue weighted by Gasteiger charge is 2.12. The molecule has 29 heavy (non-hydrogen) atoms. The number of benzene rings is 2. The minimum Gasteiger partial charge on any atom is -0.497 e. The molecule has 2 aromatic carbocycles. The molecular formula is C22H20N4O3. The SMILES string of the molecule is COc1ccc(-c2noc(Cn3nc(-c4ccc(C)c(C)c4)ccc3=O)n2)cc1. The van der Waals surface area contributed by atoms with Crippen molar-refractivity contribution >= 4 is 0 Å². The van der Waals surface area contributed by atoms with Gasteiger partial charge in [-0.2, -0.15) is 10.1 Å². The first-order chi connectivity index (χ1) is 14.0. The number of aryl methyl sites for hydroxylation is 2. The fourth-order valence-electron chi connectivity index (χ4n) is 2.92. The van der Waals surface area contributed by atoms with Crippen molar-refractivity contribution in [2.45, 2.75) is 20.4 Å². The Bertz CT molecular complexity index is 1210. The Morgan fingerprint density at radius 3 is 2.45 bits per heavy atom. The number of methoxy groups -OCH3 is 1. The smallest absolute Gasteiger partial charge is 0.267 e. The van der Waals surface area contributed by atoms with Crippen molar-refractivity contribution in [2.75, 3.05) is 7.11 Å². The van der Waals surface area contributed by atoms with Crippen LogP contribution in [-0.4, -0.2) is 27.0 Å². The van der Waals surface area contributed by atoms with E-state index in [9.17, 15) is 4.79 Å². The van der Waals surface area contributed by atoms with Crippen LogP contribution in [-0.2, 0) is 6.54 Å². The maximum absolute atomic E-state index is 12.3. The minimum absolute atomic E-state index is 0.0979. The summed E-state index contributed by atoms with van der Waals surface area (Å²) in [5.41, 5.74) is 4.60. The van der Waals surface area contributed by atoms with Crippen molar-refractivity contribution in [3.63, 3.8) is 0 Å². The van der Waals surface area contributed by atoms with Gasteiger partial charge in [-0.25, -0.2) is 4.68 Å². The van der Waals surface area contributed by atoms with E-state index in [1.165, 1.54) is 21.9 Å². The minimum atomic E-state index is -0.234. The van der Waals surface area contributed by atoms with Crippen molar-refractivity contribution in [2.24, 2.45) is 0 Å². The van der Waals surface area contributed by atoms with E-state index < -0.39 is 0 Å². The number of ether oxygens (including phenoxy) is 1. The molecule has 0 radical (unpaired) electrons. The molecule has 146 valence electrons. The number of aromatic nitrogens is 4. The standard InChI is InChI=1S/C22H20N4O3/c1-14-4-5-17(12-15(14)2)19-10-11-21(27)26(24-19)13-20-23-22(25-29-20)16-6-8-18(28-3)9-7-16/h4-12H,13H2,1-3H3. The Morgan fingerprint density at radius 2 is 1.72 bits per heavy atom. The summed E-state index contributed by atoms with van der Waals surface area (Å²) >= 11 is 0. The zero-order valence-electron chi connectivity index (χ0n) is 16.4. The molecule has 7 nitrogen and oxygen atoms in total. The average Bonchev–Trinajstić information content (AvgIpc) is 3.20. The van der Waals surface area contributed by atoms with Crippen LogP contribution in [0.5, 0.6) is 5.75 Å². The topological polar surface area (TPSA) is 83.0 Å². The molecule has 4 rings (SSSR count). The fraction of sp³-hybridized carbons (Fsp3) is 0.182. The summed E-state index contributed by atoms with van der Waals surface area (Å²) < 4.78 is 11.8. The molecule has 0 N–H and O–H groups in total. The van der Waals surface area contributed by atoms with Gasteiger partial charge >= 0.3 is 0 Å². The van der Waals surface area contributed by atoms with Crippen LogP contribution in [0.3, 0.4) is 0 Å². The van der Waals surface area contributed by atoms with E-state index in [-0.39, 0.29) is 12.1 Å². The molecule has 0 aliphatic carbocycles. The fourth-order valence-corrected chi connectivity index (χ4v) is 2.92. The third-order valence-corrected chi connectivity index (χ3v) is 4.77.